The average molecular weight is 300 g/mol. The van der Waals surface area contributed by atoms with E-state index >= 15 is 0 Å². The summed E-state index contributed by atoms with van der Waals surface area (Å²) in [7, 11) is 0. The maximum atomic E-state index is 9.62. The lowest BCUT2D eigenvalue weighted by Crippen LogP contribution is -2.19. The zero-order chi connectivity index (χ0) is 12.3. The molecular weight excluding hydrogens is 282 g/mol. The zero-order valence-corrected chi connectivity index (χ0v) is 11.3. The summed E-state index contributed by atoms with van der Waals surface area (Å²) in [5.41, 5.74) is 6.23. The minimum absolute atomic E-state index is 0.231. The molecule has 1 atom stereocenters. The Morgan fingerprint density at radius 3 is 2.76 bits per heavy atom. The molecule has 4 heteroatoms. The number of halogens is 1. The van der Waals surface area contributed by atoms with E-state index in [1.807, 2.05) is 18.2 Å². The Hall–Kier alpha value is -0.580. The lowest BCUT2D eigenvalue weighted by molar-refractivity contribution is 0.178. The van der Waals surface area contributed by atoms with Crippen molar-refractivity contribution in [2.45, 2.75) is 25.4 Å². The number of rotatable bonds is 5. The molecule has 1 saturated carbocycles. The molecule has 0 aliphatic heterocycles. The molecule has 3 N–H and O–H groups in total. The second-order valence-corrected chi connectivity index (χ2v) is 5.40. The van der Waals surface area contributed by atoms with Gasteiger partial charge < -0.3 is 15.6 Å². The second kappa shape index (κ2) is 5.85. The number of nitrogens with two attached hydrogens (primary N) is 1. The fraction of sp³-hybridized carbons (Fsp3) is 0.538. The Kier molecular flexibility index (Phi) is 4.42. The molecule has 0 spiro atoms. The standard InChI is InChI=1S/C13H18BrNO2/c14-11-6-10(12(16)7-15)4-5-13(11)17-8-9-2-1-3-9/h4-6,9,12,16H,1-3,7-8,15H2. The Morgan fingerprint density at radius 2 is 2.24 bits per heavy atom. The van der Waals surface area contributed by atoms with E-state index in [0.717, 1.165) is 28.3 Å². The zero-order valence-electron chi connectivity index (χ0n) is 9.73. The first-order chi connectivity index (χ1) is 8.20. The van der Waals surface area contributed by atoms with Crippen LogP contribution in [0.4, 0.5) is 0 Å². The summed E-state index contributed by atoms with van der Waals surface area (Å²) < 4.78 is 6.63. The maximum absolute atomic E-state index is 9.62. The van der Waals surface area contributed by atoms with Gasteiger partial charge in [-0.1, -0.05) is 12.5 Å². The van der Waals surface area contributed by atoms with Crippen molar-refractivity contribution in [3.8, 4) is 5.75 Å². The van der Waals surface area contributed by atoms with Crippen LogP contribution in [-0.2, 0) is 0 Å². The highest BCUT2D eigenvalue weighted by molar-refractivity contribution is 9.10. The highest BCUT2D eigenvalue weighted by Crippen LogP contribution is 2.31. The first kappa shape index (κ1) is 12.9. The maximum Gasteiger partial charge on any atom is 0.133 e. The lowest BCUT2D eigenvalue weighted by atomic mass is 9.86. The Bertz CT molecular complexity index is 380. The third-order valence-corrected chi connectivity index (χ3v) is 3.88. The van der Waals surface area contributed by atoms with Crippen LogP contribution in [0.25, 0.3) is 0 Å². The monoisotopic (exact) mass is 299 g/mol. The van der Waals surface area contributed by atoms with Gasteiger partial charge in [0.2, 0.25) is 0 Å². The molecule has 0 saturated heterocycles. The molecular formula is C13H18BrNO2. The molecule has 1 aliphatic carbocycles. The molecule has 17 heavy (non-hydrogen) atoms. The fourth-order valence-electron chi connectivity index (χ4n) is 1.84. The summed E-state index contributed by atoms with van der Waals surface area (Å²) in [4.78, 5) is 0. The summed E-state index contributed by atoms with van der Waals surface area (Å²) in [5.74, 6) is 1.56. The van der Waals surface area contributed by atoms with Crippen molar-refractivity contribution in [2.24, 2.45) is 11.7 Å². The van der Waals surface area contributed by atoms with Crippen molar-refractivity contribution in [3.05, 3.63) is 28.2 Å². The molecule has 0 radical (unpaired) electrons. The van der Waals surface area contributed by atoms with Crippen LogP contribution in [0.3, 0.4) is 0 Å². The number of aliphatic hydroxyl groups excluding tert-OH is 1. The van der Waals surface area contributed by atoms with Gasteiger partial charge in [0.25, 0.3) is 0 Å². The average Bonchev–Trinajstić information content (AvgIpc) is 2.28. The van der Waals surface area contributed by atoms with Gasteiger partial charge in [0.1, 0.15) is 5.75 Å². The topological polar surface area (TPSA) is 55.5 Å². The Labute approximate surface area is 110 Å². The minimum Gasteiger partial charge on any atom is -0.492 e. The van der Waals surface area contributed by atoms with E-state index in [9.17, 15) is 5.11 Å². The third-order valence-electron chi connectivity index (χ3n) is 3.26. The highest BCUT2D eigenvalue weighted by atomic mass is 79.9. The van der Waals surface area contributed by atoms with Crippen LogP contribution in [0.2, 0.25) is 0 Å². The number of aliphatic hydroxyl groups is 1. The predicted octanol–water partition coefficient (Wildman–Crippen LogP) is 2.62. The molecule has 1 aromatic carbocycles. The van der Waals surface area contributed by atoms with Gasteiger partial charge in [0, 0.05) is 6.54 Å². The van der Waals surface area contributed by atoms with Gasteiger partial charge in [-0.2, -0.15) is 0 Å². The van der Waals surface area contributed by atoms with Crippen molar-refractivity contribution in [1.29, 1.82) is 0 Å². The van der Waals surface area contributed by atoms with E-state index in [2.05, 4.69) is 15.9 Å². The third kappa shape index (κ3) is 3.21. The lowest BCUT2D eigenvalue weighted by Gasteiger charge is -2.25. The van der Waals surface area contributed by atoms with Gasteiger partial charge in [-0.3, -0.25) is 0 Å². The van der Waals surface area contributed by atoms with Gasteiger partial charge in [-0.05, 0) is 52.4 Å². The van der Waals surface area contributed by atoms with Crippen molar-refractivity contribution in [2.75, 3.05) is 13.2 Å². The summed E-state index contributed by atoms with van der Waals surface area (Å²) in [5, 5.41) is 9.62. The van der Waals surface area contributed by atoms with E-state index in [1.54, 1.807) is 0 Å². The van der Waals surface area contributed by atoms with Crippen molar-refractivity contribution in [3.63, 3.8) is 0 Å². The molecule has 0 bridgehead atoms. The molecule has 2 rings (SSSR count). The number of ether oxygens (including phenoxy) is 1. The van der Waals surface area contributed by atoms with Gasteiger partial charge in [-0.25, -0.2) is 0 Å². The first-order valence-corrected chi connectivity index (χ1v) is 6.80. The van der Waals surface area contributed by atoms with Crippen LogP contribution in [0.15, 0.2) is 22.7 Å². The SMILES string of the molecule is NCC(O)c1ccc(OCC2CCC2)c(Br)c1. The Balaban J connectivity index is 1.97. The summed E-state index contributed by atoms with van der Waals surface area (Å²) in [6.45, 7) is 1.02. The second-order valence-electron chi connectivity index (χ2n) is 4.55. The molecule has 0 aromatic heterocycles. The van der Waals surface area contributed by atoms with Gasteiger partial charge in [0.05, 0.1) is 17.2 Å². The number of hydrogen-bond donors (Lipinski definition) is 2. The molecule has 0 heterocycles. The van der Waals surface area contributed by atoms with Crippen LogP contribution < -0.4 is 10.5 Å². The van der Waals surface area contributed by atoms with Gasteiger partial charge in [-0.15, -0.1) is 0 Å². The van der Waals surface area contributed by atoms with Crippen LogP contribution in [-0.4, -0.2) is 18.3 Å². The fourth-order valence-corrected chi connectivity index (χ4v) is 2.36. The quantitative estimate of drug-likeness (QED) is 0.879. The van der Waals surface area contributed by atoms with Gasteiger partial charge in [0.15, 0.2) is 0 Å². The van der Waals surface area contributed by atoms with E-state index in [1.165, 1.54) is 19.3 Å². The van der Waals surface area contributed by atoms with Crippen molar-refractivity contribution >= 4 is 15.9 Å². The van der Waals surface area contributed by atoms with Crippen LogP contribution in [0.1, 0.15) is 30.9 Å². The normalized spacial score (nSPS) is 17.6. The van der Waals surface area contributed by atoms with Crippen LogP contribution >= 0.6 is 15.9 Å². The van der Waals surface area contributed by atoms with Gasteiger partial charge >= 0.3 is 0 Å². The number of benzene rings is 1. The first-order valence-electron chi connectivity index (χ1n) is 6.01. The minimum atomic E-state index is -0.605. The van der Waals surface area contributed by atoms with Crippen molar-refractivity contribution in [1.82, 2.24) is 0 Å². The smallest absolute Gasteiger partial charge is 0.133 e. The molecule has 1 fully saturated rings. The van der Waals surface area contributed by atoms with E-state index in [4.69, 9.17) is 10.5 Å². The summed E-state index contributed by atoms with van der Waals surface area (Å²) in [6, 6.07) is 5.61. The Morgan fingerprint density at radius 1 is 1.47 bits per heavy atom. The van der Waals surface area contributed by atoms with Crippen LogP contribution in [0.5, 0.6) is 5.75 Å². The van der Waals surface area contributed by atoms with E-state index in [0.29, 0.717) is 0 Å². The molecule has 94 valence electrons. The molecule has 0 amide bonds. The molecule has 3 nitrogen and oxygen atoms in total. The highest BCUT2D eigenvalue weighted by Gasteiger charge is 2.18. The summed E-state index contributed by atoms with van der Waals surface area (Å²) in [6.07, 6.45) is 3.28. The summed E-state index contributed by atoms with van der Waals surface area (Å²) >= 11 is 3.46. The van der Waals surface area contributed by atoms with E-state index in [-0.39, 0.29) is 6.54 Å². The molecule has 1 aliphatic rings. The largest absolute Gasteiger partial charge is 0.492 e. The molecule has 1 aromatic rings. The van der Waals surface area contributed by atoms with E-state index < -0.39 is 6.10 Å². The molecule has 1 unspecified atom stereocenters. The van der Waals surface area contributed by atoms with Crippen molar-refractivity contribution < 1.29 is 9.84 Å². The predicted molar refractivity (Wildman–Crippen MR) is 71.0 cm³/mol. The van der Waals surface area contributed by atoms with Crippen LogP contribution in [0, 0.1) is 5.92 Å². The number of hydrogen-bond acceptors (Lipinski definition) is 3.